The van der Waals surface area contributed by atoms with Gasteiger partial charge in [-0.2, -0.15) is 0 Å². The highest BCUT2D eigenvalue weighted by Gasteiger charge is 2.14. The first-order valence-corrected chi connectivity index (χ1v) is 12.1. The first-order chi connectivity index (χ1) is 16.4. The quantitative estimate of drug-likeness (QED) is 0.484. The fourth-order valence-corrected chi connectivity index (χ4v) is 4.32. The lowest BCUT2D eigenvalue weighted by atomic mass is 10.0. The number of nitrogens with one attached hydrogen (secondary N) is 1. The third-order valence-corrected chi connectivity index (χ3v) is 6.45. The molecule has 3 aromatic rings. The van der Waals surface area contributed by atoms with E-state index < -0.39 is 0 Å². The van der Waals surface area contributed by atoms with Gasteiger partial charge in [0.1, 0.15) is 23.9 Å². The molecule has 0 radical (unpaired) electrons. The highest BCUT2D eigenvalue weighted by atomic mass is 35.5. The minimum absolute atomic E-state index is 0.0420. The number of ether oxygens (including phenoxy) is 2. The van der Waals surface area contributed by atoms with Crippen molar-refractivity contribution in [3.63, 3.8) is 0 Å². The zero-order chi connectivity index (χ0) is 24.1. The first-order valence-electron chi connectivity index (χ1n) is 11.7. The van der Waals surface area contributed by atoms with Crippen LogP contribution < -0.4 is 14.8 Å². The SMILES string of the molecule is CC(=O)NC(C)c1ccc2cc(Oc3ccc(OCCN4CCN(C)CC4)cc3Cl)ccc2c1. The molecule has 1 amide bonds. The second-order valence-electron chi connectivity index (χ2n) is 8.88. The van der Waals surface area contributed by atoms with Crippen LogP contribution in [-0.2, 0) is 4.79 Å². The van der Waals surface area contributed by atoms with Crippen molar-refractivity contribution in [1.29, 1.82) is 0 Å². The van der Waals surface area contributed by atoms with Crippen LogP contribution in [0.1, 0.15) is 25.5 Å². The van der Waals surface area contributed by atoms with Gasteiger partial charge in [-0.1, -0.05) is 29.8 Å². The molecule has 0 aromatic heterocycles. The van der Waals surface area contributed by atoms with E-state index in [1.165, 1.54) is 6.92 Å². The monoisotopic (exact) mass is 481 g/mol. The van der Waals surface area contributed by atoms with Crippen LogP contribution in [0.5, 0.6) is 17.2 Å². The van der Waals surface area contributed by atoms with Crippen molar-refractivity contribution < 1.29 is 14.3 Å². The summed E-state index contributed by atoms with van der Waals surface area (Å²) in [5, 5.41) is 5.56. The Labute approximate surface area is 206 Å². The van der Waals surface area contributed by atoms with E-state index in [0.29, 0.717) is 23.1 Å². The highest BCUT2D eigenvalue weighted by molar-refractivity contribution is 6.32. The fourth-order valence-electron chi connectivity index (χ4n) is 4.11. The molecule has 3 aromatic carbocycles. The van der Waals surface area contributed by atoms with Crippen molar-refractivity contribution in [2.75, 3.05) is 46.4 Å². The van der Waals surface area contributed by atoms with Crippen LogP contribution in [-0.4, -0.2) is 62.1 Å². The van der Waals surface area contributed by atoms with Gasteiger partial charge >= 0.3 is 0 Å². The minimum atomic E-state index is -0.0427. The molecule has 1 aliphatic rings. The van der Waals surface area contributed by atoms with E-state index in [9.17, 15) is 4.79 Å². The van der Waals surface area contributed by atoms with Crippen LogP contribution in [0.15, 0.2) is 54.6 Å². The number of nitrogens with zero attached hydrogens (tertiary/aromatic N) is 2. The molecule has 0 spiro atoms. The lowest BCUT2D eigenvalue weighted by Crippen LogP contribution is -2.45. The van der Waals surface area contributed by atoms with E-state index >= 15 is 0 Å². The summed E-state index contributed by atoms with van der Waals surface area (Å²) >= 11 is 6.48. The number of likely N-dealkylation sites (N-methyl/N-ethyl adjacent to an activating group) is 1. The number of fused-ring (bicyclic) bond motifs is 1. The third-order valence-electron chi connectivity index (χ3n) is 6.16. The van der Waals surface area contributed by atoms with Crippen LogP contribution in [0.4, 0.5) is 0 Å². The number of carbonyl (C=O) groups is 1. The van der Waals surface area contributed by atoms with Gasteiger partial charge in [0.15, 0.2) is 0 Å². The topological polar surface area (TPSA) is 54.0 Å². The maximum absolute atomic E-state index is 11.3. The predicted octanol–water partition coefficient (Wildman–Crippen LogP) is 5.11. The lowest BCUT2D eigenvalue weighted by Gasteiger charge is -2.32. The summed E-state index contributed by atoms with van der Waals surface area (Å²) in [6, 6.07) is 17.6. The van der Waals surface area contributed by atoms with Gasteiger partial charge in [0.25, 0.3) is 0 Å². The second-order valence-corrected chi connectivity index (χ2v) is 9.29. The zero-order valence-electron chi connectivity index (χ0n) is 20.0. The number of hydrogen-bond donors (Lipinski definition) is 1. The van der Waals surface area contributed by atoms with Gasteiger partial charge in [0.05, 0.1) is 11.1 Å². The molecule has 7 heteroatoms. The molecule has 1 N–H and O–H groups in total. The molecule has 4 rings (SSSR count). The number of rotatable bonds is 8. The third kappa shape index (κ3) is 6.41. The number of piperazine rings is 1. The zero-order valence-corrected chi connectivity index (χ0v) is 20.8. The van der Waals surface area contributed by atoms with Crippen molar-refractivity contribution in [3.05, 3.63) is 65.2 Å². The first kappa shape index (κ1) is 24.3. The predicted molar refractivity (Wildman–Crippen MR) is 137 cm³/mol. The van der Waals surface area contributed by atoms with Gasteiger partial charge < -0.3 is 19.7 Å². The highest BCUT2D eigenvalue weighted by Crippen LogP contribution is 2.34. The van der Waals surface area contributed by atoms with E-state index in [0.717, 1.165) is 54.8 Å². The van der Waals surface area contributed by atoms with Crippen LogP contribution in [0, 0.1) is 0 Å². The Hall–Kier alpha value is -2.80. The average Bonchev–Trinajstić information content (AvgIpc) is 2.81. The molecule has 1 unspecified atom stereocenters. The van der Waals surface area contributed by atoms with Crippen molar-refractivity contribution in [2.24, 2.45) is 0 Å². The molecule has 1 aliphatic heterocycles. The average molecular weight is 482 g/mol. The van der Waals surface area contributed by atoms with E-state index in [2.05, 4.69) is 28.2 Å². The molecule has 1 heterocycles. The summed E-state index contributed by atoms with van der Waals surface area (Å²) in [5.41, 5.74) is 1.06. The second kappa shape index (κ2) is 11.1. The van der Waals surface area contributed by atoms with Crippen molar-refractivity contribution in [2.45, 2.75) is 19.9 Å². The Kier molecular flexibility index (Phi) is 7.93. The Balaban J connectivity index is 1.36. The Bertz CT molecular complexity index is 1150. The van der Waals surface area contributed by atoms with E-state index in [4.69, 9.17) is 21.1 Å². The number of hydrogen-bond acceptors (Lipinski definition) is 5. The number of benzene rings is 3. The van der Waals surface area contributed by atoms with E-state index in [-0.39, 0.29) is 11.9 Å². The molecule has 0 bridgehead atoms. The largest absolute Gasteiger partial charge is 0.492 e. The van der Waals surface area contributed by atoms with Gasteiger partial charge in [-0.25, -0.2) is 0 Å². The normalized spacial score (nSPS) is 15.8. The van der Waals surface area contributed by atoms with Gasteiger partial charge in [0.2, 0.25) is 5.91 Å². The minimum Gasteiger partial charge on any atom is -0.492 e. The maximum Gasteiger partial charge on any atom is 0.217 e. The molecule has 1 saturated heterocycles. The summed E-state index contributed by atoms with van der Waals surface area (Å²) in [6.07, 6.45) is 0. The summed E-state index contributed by atoms with van der Waals surface area (Å²) < 4.78 is 12.0. The molecule has 1 fully saturated rings. The molecule has 180 valence electrons. The van der Waals surface area contributed by atoms with Gasteiger partial charge in [-0.15, -0.1) is 0 Å². The smallest absolute Gasteiger partial charge is 0.217 e. The van der Waals surface area contributed by atoms with E-state index in [1.807, 2.05) is 49.4 Å². The van der Waals surface area contributed by atoms with Crippen LogP contribution >= 0.6 is 11.6 Å². The maximum atomic E-state index is 11.3. The molecule has 6 nitrogen and oxygen atoms in total. The molecule has 1 atom stereocenters. The summed E-state index contributed by atoms with van der Waals surface area (Å²) in [6.45, 7) is 9.40. The Morgan fingerprint density at radius 3 is 2.44 bits per heavy atom. The number of amides is 1. The van der Waals surface area contributed by atoms with E-state index in [1.54, 1.807) is 6.07 Å². The van der Waals surface area contributed by atoms with Crippen LogP contribution in [0.3, 0.4) is 0 Å². The molecular weight excluding hydrogens is 450 g/mol. The molecular formula is C27H32ClN3O3. The van der Waals surface area contributed by atoms with Gasteiger partial charge in [0, 0.05) is 45.7 Å². The molecule has 0 saturated carbocycles. The van der Waals surface area contributed by atoms with Crippen molar-refractivity contribution in [3.8, 4) is 17.2 Å². The Morgan fingerprint density at radius 2 is 1.71 bits per heavy atom. The van der Waals surface area contributed by atoms with Gasteiger partial charge in [-0.3, -0.25) is 9.69 Å². The summed E-state index contributed by atoms with van der Waals surface area (Å²) in [4.78, 5) is 16.1. The Morgan fingerprint density at radius 1 is 1.00 bits per heavy atom. The lowest BCUT2D eigenvalue weighted by molar-refractivity contribution is -0.119. The summed E-state index contributed by atoms with van der Waals surface area (Å²) in [7, 11) is 2.16. The van der Waals surface area contributed by atoms with Crippen LogP contribution in [0.2, 0.25) is 5.02 Å². The van der Waals surface area contributed by atoms with Crippen LogP contribution in [0.25, 0.3) is 10.8 Å². The summed E-state index contributed by atoms with van der Waals surface area (Å²) in [5.74, 6) is 2.00. The van der Waals surface area contributed by atoms with Crippen molar-refractivity contribution >= 4 is 28.3 Å². The standard InChI is InChI=1S/C27H32ClN3O3/c1-19(29-20(2)32)21-4-5-23-17-25(7-6-22(23)16-21)34-27-9-8-24(18-26(27)28)33-15-14-31-12-10-30(3)11-13-31/h4-9,16-19H,10-15H2,1-3H3,(H,29,32). The van der Waals surface area contributed by atoms with Gasteiger partial charge in [-0.05, 0) is 60.6 Å². The van der Waals surface area contributed by atoms with Crippen molar-refractivity contribution in [1.82, 2.24) is 15.1 Å². The molecule has 34 heavy (non-hydrogen) atoms. The fraction of sp³-hybridized carbons (Fsp3) is 0.370. The number of carbonyl (C=O) groups excluding carboxylic acids is 1. The number of halogens is 1. The molecule has 0 aliphatic carbocycles.